The van der Waals surface area contributed by atoms with Crippen LogP contribution in [0.5, 0.6) is 0 Å². The van der Waals surface area contributed by atoms with Crippen molar-refractivity contribution < 1.29 is 22.4 Å². The summed E-state index contributed by atoms with van der Waals surface area (Å²) < 4.78 is 54.1. The first-order chi connectivity index (χ1) is 14.2. The summed E-state index contributed by atoms with van der Waals surface area (Å²) in [4.78, 5) is 14.1. The van der Waals surface area contributed by atoms with Crippen LogP contribution in [0.15, 0.2) is 48.7 Å². The van der Waals surface area contributed by atoms with Crippen molar-refractivity contribution in [1.82, 2.24) is 14.7 Å². The Bertz CT molecular complexity index is 1100. The second-order valence-electron chi connectivity index (χ2n) is 6.78. The first-order valence-electron chi connectivity index (χ1n) is 8.95. The zero-order valence-electron chi connectivity index (χ0n) is 15.4. The Morgan fingerprint density at radius 3 is 2.53 bits per heavy atom. The number of urea groups is 1. The Balaban J connectivity index is 1.53. The third-order valence-electron chi connectivity index (χ3n) is 4.84. The summed E-state index contributed by atoms with van der Waals surface area (Å²) in [5, 5.41) is 6.36. The minimum atomic E-state index is -4.63. The third-order valence-corrected chi connectivity index (χ3v) is 5.17. The van der Waals surface area contributed by atoms with Crippen molar-refractivity contribution in [3.05, 3.63) is 70.8 Å². The maximum absolute atomic E-state index is 13.2. The number of nitrogens with zero attached hydrogens (tertiary/aromatic N) is 3. The fourth-order valence-electron chi connectivity index (χ4n) is 3.31. The van der Waals surface area contributed by atoms with Gasteiger partial charge in [0.05, 0.1) is 35.6 Å². The van der Waals surface area contributed by atoms with Crippen molar-refractivity contribution in [2.75, 3.05) is 11.9 Å². The third kappa shape index (κ3) is 3.97. The van der Waals surface area contributed by atoms with Crippen LogP contribution in [-0.4, -0.2) is 27.3 Å². The normalized spacial score (nSPS) is 13.8. The summed E-state index contributed by atoms with van der Waals surface area (Å²) in [6.45, 7) is 0.972. The van der Waals surface area contributed by atoms with Crippen molar-refractivity contribution in [3.63, 3.8) is 0 Å². The maximum atomic E-state index is 13.2. The second-order valence-corrected chi connectivity index (χ2v) is 7.19. The average Bonchev–Trinajstić information content (AvgIpc) is 3.12. The largest absolute Gasteiger partial charge is 0.417 e. The molecular formula is C20H15ClF4N4O. The zero-order chi connectivity index (χ0) is 21.5. The van der Waals surface area contributed by atoms with Gasteiger partial charge in [0.1, 0.15) is 5.82 Å². The molecule has 0 atom stereocenters. The number of alkyl halides is 3. The van der Waals surface area contributed by atoms with E-state index in [0.717, 1.165) is 29.0 Å². The molecule has 0 spiro atoms. The first kappa shape index (κ1) is 20.2. The Hall–Kier alpha value is -3.07. The molecule has 1 aromatic heterocycles. The van der Waals surface area contributed by atoms with Crippen LogP contribution >= 0.6 is 11.6 Å². The molecule has 3 aromatic rings. The average molecular weight is 439 g/mol. The highest BCUT2D eigenvalue weighted by atomic mass is 35.5. The molecule has 0 saturated heterocycles. The van der Waals surface area contributed by atoms with Crippen molar-refractivity contribution in [2.45, 2.75) is 19.3 Å². The molecule has 2 aromatic carbocycles. The van der Waals surface area contributed by atoms with Gasteiger partial charge in [-0.05, 0) is 35.9 Å². The Morgan fingerprint density at radius 2 is 1.83 bits per heavy atom. The number of aromatic nitrogens is 2. The number of rotatable bonds is 2. The van der Waals surface area contributed by atoms with Crippen LogP contribution in [0.3, 0.4) is 0 Å². The lowest BCUT2D eigenvalue weighted by atomic mass is 10.1. The van der Waals surface area contributed by atoms with Gasteiger partial charge in [0.15, 0.2) is 0 Å². The van der Waals surface area contributed by atoms with E-state index >= 15 is 0 Å². The Morgan fingerprint density at radius 1 is 1.10 bits per heavy atom. The molecule has 1 aliphatic heterocycles. The van der Waals surface area contributed by atoms with E-state index in [1.807, 2.05) is 0 Å². The summed E-state index contributed by atoms with van der Waals surface area (Å²) in [5.41, 5.74) is 1.26. The molecule has 156 valence electrons. The van der Waals surface area contributed by atoms with Crippen molar-refractivity contribution in [3.8, 4) is 11.1 Å². The summed E-state index contributed by atoms with van der Waals surface area (Å²) in [6, 6.07) is 8.60. The quantitative estimate of drug-likeness (QED) is 0.544. The van der Waals surface area contributed by atoms with E-state index in [9.17, 15) is 22.4 Å². The van der Waals surface area contributed by atoms with E-state index in [-0.39, 0.29) is 18.0 Å². The van der Waals surface area contributed by atoms with E-state index in [0.29, 0.717) is 13.1 Å². The summed E-state index contributed by atoms with van der Waals surface area (Å²) in [5.74, 6) is -0.359. The van der Waals surface area contributed by atoms with Gasteiger partial charge in [-0.25, -0.2) is 9.18 Å². The summed E-state index contributed by atoms with van der Waals surface area (Å²) >= 11 is 5.62. The van der Waals surface area contributed by atoms with Crippen molar-refractivity contribution in [1.29, 1.82) is 0 Å². The number of anilines is 1. The zero-order valence-corrected chi connectivity index (χ0v) is 16.1. The van der Waals surface area contributed by atoms with Crippen LogP contribution in [0.4, 0.5) is 28.0 Å². The molecule has 30 heavy (non-hydrogen) atoms. The highest BCUT2D eigenvalue weighted by Gasteiger charge is 2.33. The van der Waals surface area contributed by atoms with Gasteiger partial charge in [-0.3, -0.25) is 4.68 Å². The van der Waals surface area contributed by atoms with E-state index in [4.69, 9.17) is 11.6 Å². The molecule has 0 aliphatic carbocycles. The molecule has 5 nitrogen and oxygen atoms in total. The minimum Gasteiger partial charge on any atom is -0.317 e. The lowest BCUT2D eigenvalue weighted by Gasteiger charge is -2.28. The molecule has 2 heterocycles. The number of hydrogen-bond donors (Lipinski definition) is 1. The lowest BCUT2D eigenvalue weighted by Crippen LogP contribution is -2.41. The highest BCUT2D eigenvalue weighted by Crippen LogP contribution is 2.36. The molecule has 1 aliphatic rings. The number of carbonyl (C=O) groups is 1. The van der Waals surface area contributed by atoms with E-state index < -0.39 is 22.8 Å². The minimum absolute atomic E-state index is 0.00503. The van der Waals surface area contributed by atoms with Crippen LogP contribution in [0.1, 0.15) is 11.3 Å². The van der Waals surface area contributed by atoms with Crippen LogP contribution in [-0.2, 0) is 19.3 Å². The lowest BCUT2D eigenvalue weighted by molar-refractivity contribution is -0.137. The molecule has 0 radical (unpaired) electrons. The monoisotopic (exact) mass is 438 g/mol. The van der Waals surface area contributed by atoms with Crippen LogP contribution in [0.25, 0.3) is 11.1 Å². The molecule has 4 rings (SSSR count). The highest BCUT2D eigenvalue weighted by molar-refractivity contribution is 6.31. The van der Waals surface area contributed by atoms with Crippen LogP contribution in [0.2, 0.25) is 5.02 Å². The summed E-state index contributed by atoms with van der Waals surface area (Å²) in [6.07, 6.45) is -2.97. The van der Waals surface area contributed by atoms with Crippen molar-refractivity contribution in [2.24, 2.45) is 0 Å². The number of amides is 2. The summed E-state index contributed by atoms with van der Waals surface area (Å²) in [7, 11) is 0. The molecule has 10 heteroatoms. The van der Waals surface area contributed by atoms with E-state index in [1.165, 1.54) is 23.1 Å². The van der Waals surface area contributed by atoms with Crippen LogP contribution in [0, 0.1) is 5.82 Å². The van der Waals surface area contributed by atoms with Gasteiger partial charge in [0.25, 0.3) is 0 Å². The molecule has 0 saturated carbocycles. The standard InChI is InChI=1S/C20H15ClF4N4O/c21-17-6-5-14(9-16(17)20(23,24)25)27-19(30)28-7-8-29-18(11-28)15(10-26-29)12-1-3-13(22)4-2-12/h1-6,9-10H,7-8,11H2,(H,27,30). The predicted molar refractivity (Wildman–Crippen MR) is 104 cm³/mol. The topological polar surface area (TPSA) is 50.2 Å². The molecule has 0 fully saturated rings. The van der Waals surface area contributed by atoms with E-state index in [2.05, 4.69) is 10.4 Å². The molecule has 0 bridgehead atoms. The molecular weight excluding hydrogens is 424 g/mol. The SMILES string of the molecule is O=C(Nc1ccc(Cl)c(C(F)(F)F)c1)N1CCn2ncc(-c3ccc(F)cc3)c2C1. The number of fused-ring (bicyclic) bond motifs is 1. The molecule has 0 unspecified atom stereocenters. The Labute approximate surface area is 173 Å². The van der Waals surface area contributed by atoms with Gasteiger partial charge in [-0.1, -0.05) is 23.7 Å². The van der Waals surface area contributed by atoms with Gasteiger partial charge in [0.2, 0.25) is 0 Å². The maximum Gasteiger partial charge on any atom is 0.417 e. The van der Waals surface area contributed by atoms with Gasteiger partial charge >= 0.3 is 12.2 Å². The molecule has 2 amide bonds. The number of nitrogens with one attached hydrogen (secondary N) is 1. The fraction of sp³-hybridized carbons (Fsp3) is 0.200. The predicted octanol–water partition coefficient (Wildman–Crippen LogP) is 5.41. The van der Waals surface area contributed by atoms with Gasteiger partial charge in [0, 0.05) is 17.8 Å². The number of halogens is 5. The van der Waals surface area contributed by atoms with E-state index in [1.54, 1.807) is 23.0 Å². The number of benzene rings is 2. The smallest absolute Gasteiger partial charge is 0.317 e. The fourth-order valence-corrected chi connectivity index (χ4v) is 3.54. The van der Waals surface area contributed by atoms with Gasteiger partial charge < -0.3 is 10.2 Å². The number of hydrogen-bond acceptors (Lipinski definition) is 2. The second kappa shape index (κ2) is 7.64. The first-order valence-corrected chi connectivity index (χ1v) is 9.33. The van der Waals surface area contributed by atoms with Gasteiger partial charge in [-0.2, -0.15) is 18.3 Å². The molecule has 1 N–H and O–H groups in total. The Kier molecular flexibility index (Phi) is 5.15. The van der Waals surface area contributed by atoms with Gasteiger partial charge in [-0.15, -0.1) is 0 Å². The number of carbonyl (C=O) groups excluding carboxylic acids is 1. The van der Waals surface area contributed by atoms with Crippen molar-refractivity contribution >= 4 is 23.3 Å². The van der Waals surface area contributed by atoms with Crippen LogP contribution < -0.4 is 5.32 Å².